The second-order valence-corrected chi connectivity index (χ2v) is 8.02. The number of nitrogens with one attached hydrogen (secondary N) is 2. The summed E-state index contributed by atoms with van der Waals surface area (Å²) in [5.74, 6) is -1.10. The van der Waals surface area contributed by atoms with Crippen LogP contribution in [-0.2, 0) is 20.0 Å². The minimum Gasteiger partial charge on any atom is -0.396 e. The second kappa shape index (κ2) is 6.69. The topological polar surface area (TPSA) is 118 Å². The standard InChI is InChI=1S/C11H18FN3O4S2/c1-3-14-20(16,17)5-4-15-21(18,19)11-7-10(13)9(12)6-8(11)2/h6-7,14-15H,3-5,13H2,1-2H3. The van der Waals surface area contributed by atoms with E-state index in [0.717, 1.165) is 12.1 Å². The van der Waals surface area contributed by atoms with Gasteiger partial charge in [0.1, 0.15) is 5.82 Å². The number of hydrogen-bond acceptors (Lipinski definition) is 5. The van der Waals surface area contributed by atoms with Crippen LogP contribution in [-0.4, -0.2) is 35.7 Å². The maximum absolute atomic E-state index is 13.2. The van der Waals surface area contributed by atoms with Crippen molar-refractivity contribution in [3.63, 3.8) is 0 Å². The highest BCUT2D eigenvalue weighted by Crippen LogP contribution is 2.21. The molecule has 1 aromatic carbocycles. The zero-order valence-corrected chi connectivity index (χ0v) is 13.3. The van der Waals surface area contributed by atoms with Crippen molar-refractivity contribution in [2.24, 2.45) is 0 Å². The summed E-state index contributed by atoms with van der Waals surface area (Å²) in [5.41, 5.74) is 5.24. The number of rotatable bonds is 7. The number of anilines is 1. The summed E-state index contributed by atoms with van der Waals surface area (Å²) in [5, 5.41) is 0. The van der Waals surface area contributed by atoms with Crippen molar-refractivity contribution in [1.82, 2.24) is 9.44 Å². The highest BCUT2D eigenvalue weighted by Gasteiger charge is 2.19. The Morgan fingerprint density at radius 1 is 1.19 bits per heavy atom. The van der Waals surface area contributed by atoms with Crippen molar-refractivity contribution < 1.29 is 21.2 Å². The van der Waals surface area contributed by atoms with E-state index in [1.165, 1.54) is 6.92 Å². The van der Waals surface area contributed by atoms with E-state index < -0.39 is 31.6 Å². The molecule has 1 aromatic rings. The van der Waals surface area contributed by atoms with Crippen LogP contribution >= 0.6 is 0 Å². The predicted octanol–water partition coefficient (Wildman–Crippen LogP) is -0.0661. The fourth-order valence-electron chi connectivity index (χ4n) is 1.64. The first-order chi connectivity index (χ1) is 9.59. The van der Waals surface area contributed by atoms with Crippen molar-refractivity contribution >= 4 is 25.7 Å². The Hall–Kier alpha value is -1.23. The molecule has 0 spiro atoms. The molecule has 0 aliphatic rings. The van der Waals surface area contributed by atoms with Crippen LogP contribution in [0.15, 0.2) is 17.0 Å². The summed E-state index contributed by atoms with van der Waals surface area (Å²) in [7, 11) is -7.48. The molecule has 0 bridgehead atoms. The van der Waals surface area contributed by atoms with Gasteiger partial charge in [-0.15, -0.1) is 0 Å². The largest absolute Gasteiger partial charge is 0.396 e. The third-order valence-electron chi connectivity index (χ3n) is 2.61. The lowest BCUT2D eigenvalue weighted by Crippen LogP contribution is -2.34. The van der Waals surface area contributed by atoms with Crippen molar-refractivity contribution in [1.29, 1.82) is 0 Å². The highest BCUT2D eigenvalue weighted by molar-refractivity contribution is 7.90. The molecule has 0 aromatic heterocycles. The van der Waals surface area contributed by atoms with E-state index in [4.69, 9.17) is 5.73 Å². The first-order valence-electron chi connectivity index (χ1n) is 6.11. The molecule has 10 heteroatoms. The molecule has 0 fully saturated rings. The first kappa shape index (κ1) is 17.8. The molecule has 0 aliphatic carbocycles. The van der Waals surface area contributed by atoms with Crippen molar-refractivity contribution in [3.05, 3.63) is 23.5 Å². The quantitative estimate of drug-likeness (QED) is 0.601. The molecule has 120 valence electrons. The molecule has 0 unspecified atom stereocenters. The zero-order chi connectivity index (χ0) is 16.3. The Bertz CT molecular complexity index is 717. The van der Waals surface area contributed by atoms with Gasteiger partial charge in [-0.1, -0.05) is 6.92 Å². The monoisotopic (exact) mass is 339 g/mol. The van der Waals surface area contributed by atoms with Gasteiger partial charge in [-0.25, -0.2) is 30.7 Å². The lowest BCUT2D eigenvalue weighted by molar-refractivity contribution is 0.576. The average molecular weight is 339 g/mol. The lowest BCUT2D eigenvalue weighted by atomic mass is 10.2. The Labute approximate surface area is 123 Å². The Balaban J connectivity index is 2.86. The van der Waals surface area contributed by atoms with E-state index >= 15 is 0 Å². The Morgan fingerprint density at radius 3 is 2.38 bits per heavy atom. The molecular weight excluding hydrogens is 321 g/mol. The van der Waals surface area contributed by atoms with Gasteiger partial charge >= 0.3 is 0 Å². The minimum atomic E-state index is -3.96. The number of sulfonamides is 2. The highest BCUT2D eigenvalue weighted by atomic mass is 32.2. The molecule has 0 radical (unpaired) electrons. The lowest BCUT2D eigenvalue weighted by Gasteiger charge is -2.11. The number of aryl methyl sites for hydroxylation is 1. The van der Waals surface area contributed by atoms with Gasteiger partial charge < -0.3 is 5.73 Å². The molecular formula is C11H18FN3O4S2. The normalized spacial score (nSPS) is 12.5. The van der Waals surface area contributed by atoms with E-state index in [9.17, 15) is 21.2 Å². The average Bonchev–Trinajstić information content (AvgIpc) is 2.32. The van der Waals surface area contributed by atoms with E-state index in [0.29, 0.717) is 0 Å². The zero-order valence-electron chi connectivity index (χ0n) is 11.7. The molecule has 0 saturated carbocycles. The number of hydrogen-bond donors (Lipinski definition) is 3. The van der Waals surface area contributed by atoms with Crippen molar-refractivity contribution in [2.75, 3.05) is 24.6 Å². The summed E-state index contributed by atoms with van der Waals surface area (Å²) in [6.45, 7) is 2.97. The SMILES string of the molecule is CCNS(=O)(=O)CCNS(=O)(=O)c1cc(N)c(F)cc1C. The second-order valence-electron chi connectivity index (χ2n) is 4.35. The number of nitrogens with two attached hydrogens (primary N) is 1. The van der Waals surface area contributed by atoms with Crippen LogP contribution in [0.1, 0.15) is 12.5 Å². The number of benzene rings is 1. The summed E-state index contributed by atoms with van der Waals surface area (Å²) >= 11 is 0. The molecule has 0 heterocycles. The fourth-order valence-corrected chi connectivity index (χ4v) is 4.01. The third kappa shape index (κ3) is 4.92. The molecule has 1 rings (SSSR count). The molecule has 7 nitrogen and oxygen atoms in total. The van der Waals surface area contributed by atoms with Crippen LogP contribution in [0.5, 0.6) is 0 Å². The number of halogens is 1. The van der Waals surface area contributed by atoms with Crippen molar-refractivity contribution in [3.8, 4) is 0 Å². The van der Waals surface area contributed by atoms with Crippen LogP contribution in [0.3, 0.4) is 0 Å². The third-order valence-corrected chi connectivity index (χ3v) is 5.68. The summed E-state index contributed by atoms with van der Waals surface area (Å²) in [4.78, 5) is -0.178. The number of nitrogen functional groups attached to an aromatic ring is 1. The van der Waals surface area contributed by atoms with Gasteiger partial charge in [0, 0.05) is 13.1 Å². The van der Waals surface area contributed by atoms with Crippen LogP contribution in [0.2, 0.25) is 0 Å². The summed E-state index contributed by atoms with van der Waals surface area (Å²) in [6.07, 6.45) is 0. The molecule has 21 heavy (non-hydrogen) atoms. The van der Waals surface area contributed by atoms with Gasteiger partial charge in [0.15, 0.2) is 0 Å². The van der Waals surface area contributed by atoms with Gasteiger partial charge in [-0.2, -0.15) is 0 Å². The smallest absolute Gasteiger partial charge is 0.240 e. The van der Waals surface area contributed by atoms with Crippen LogP contribution in [0, 0.1) is 12.7 Å². The Morgan fingerprint density at radius 2 is 1.81 bits per heavy atom. The molecule has 0 aliphatic heterocycles. The maximum Gasteiger partial charge on any atom is 0.240 e. The van der Waals surface area contributed by atoms with Gasteiger partial charge in [0.2, 0.25) is 20.0 Å². The van der Waals surface area contributed by atoms with E-state index in [2.05, 4.69) is 9.44 Å². The maximum atomic E-state index is 13.2. The van der Waals surface area contributed by atoms with Crippen LogP contribution in [0.4, 0.5) is 10.1 Å². The molecule has 0 saturated heterocycles. The van der Waals surface area contributed by atoms with Crippen LogP contribution in [0.25, 0.3) is 0 Å². The van der Waals surface area contributed by atoms with Gasteiger partial charge in [0.05, 0.1) is 16.3 Å². The van der Waals surface area contributed by atoms with E-state index in [-0.39, 0.29) is 29.2 Å². The fraction of sp³-hybridized carbons (Fsp3) is 0.455. The Kier molecular flexibility index (Phi) is 5.68. The van der Waals surface area contributed by atoms with E-state index in [1.54, 1.807) is 6.92 Å². The summed E-state index contributed by atoms with van der Waals surface area (Å²) in [6, 6.07) is 2.02. The molecule has 0 amide bonds. The summed E-state index contributed by atoms with van der Waals surface area (Å²) < 4.78 is 64.5. The van der Waals surface area contributed by atoms with Crippen LogP contribution < -0.4 is 15.2 Å². The van der Waals surface area contributed by atoms with Gasteiger partial charge in [-0.05, 0) is 24.6 Å². The molecule has 0 atom stereocenters. The van der Waals surface area contributed by atoms with E-state index in [1.807, 2.05) is 0 Å². The van der Waals surface area contributed by atoms with Crippen molar-refractivity contribution in [2.45, 2.75) is 18.7 Å². The predicted molar refractivity (Wildman–Crippen MR) is 78.2 cm³/mol. The molecule has 4 N–H and O–H groups in total. The van der Waals surface area contributed by atoms with Gasteiger partial charge in [-0.3, -0.25) is 0 Å². The first-order valence-corrected chi connectivity index (χ1v) is 9.25. The van der Waals surface area contributed by atoms with Gasteiger partial charge in [0.25, 0.3) is 0 Å². The minimum absolute atomic E-state index is 0.178.